The zero-order valence-corrected chi connectivity index (χ0v) is 21.4. The fourth-order valence-electron chi connectivity index (χ4n) is 4.34. The van der Waals surface area contributed by atoms with Gasteiger partial charge in [-0.05, 0) is 25.5 Å². The molecule has 0 aliphatic carbocycles. The normalized spacial score (nSPS) is 12.7. The van der Waals surface area contributed by atoms with Gasteiger partial charge in [-0.15, -0.1) is 0 Å². The molecule has 0 aromatic heterocycles. The number of rotatable bonds is 18. The smallest absolute Gasteiger partial charge is 0.364 e. The molecular weight excluding hydrogens is 406 g/mol. The number of nitrogens with zero attached hydrogens (tertiary/aromatic N) is 1. The molecule has 0 bridgehead atoms. The van der Waals surface area contributed by atoms with Crippen LogP contribution in [0.1, 0.15) is 103 Å². The van der Waals surface area contributed by atoms with Crippen molar-refractivity contribution in [2.45, 2.75) is 110 Å². The van der Waals surface area contributed by atoms with Crippen molar-refractivity contribution in [2.75, 3.05) is 20.7 Å². The van der Waals surface area contributed by atoms with Crippen molar-refractivity contribution < 1.29 is 14.0 Å². The molecule has 0 amide bonds. The van der Waals surface area contributed by atoms with Crippen LogP contribution in [-0.4, -0.2) is 37.2 Å². The van der Waals surface area contributed by atoms with Crippen molar-refractivity contribution in [3.05, 3.63) is 34.9 Å². The van der Waals surface area contributed by atoms with Crippen LogP contribution < -0.4 is 0 Å². The monoisotopic (exact) mass is 452 g/mol. The van der Waals surface area contributed by atoms with E-state index in [1.807, 2.05) is 31.2 Å². The maximum atomic E-state index is 12.7. The minimum atomic E-state index is -0.126. The zero-order valence-electron chi connectivity index (χ0n) is 20.6. The molecule has 0 fully saturated rings. The Balaban J connectivity index is 2.34. The van der Waals surface area contributed by atoms with Gasteiger partial charge < -0.3 is 9.22 Å². The number of hydrogen-bond donors (Lipinski definition) is 0. The minimum absolute atomic E-state index is 0.0652. The van der Waals surface area contributed by atoms with E-state index in [-0.39, 0.29) is 12.0 Å². The summed E-state index contributed by atoms with van der Waals surface area (Å²) in [5.41, 5.74) is 1.19. The summed E-state index contributed by atoms with van der Waals surface area (Å²) in [6.45, 7) is 5.39. The summed E-state index contributed by atoms with van der Waals surface area (Å²) in [5.74, 6) is -0.0652. The Morgan fingerprint density at radius 2 is 1.32 bits per heavy atom. The lowest BCUT2D eigenvalue weighted by Crippen LogP contribution is -2.52. The lowest BCUT2D eigenvalue weighted by atomic mass is 10.0. The highest BCUT2D eigenvalue weighted by atomic mass is 35.5. The molecule has 0 aliphatic heterocycles. The van der Waals surface area contributed by atoms with Crippen LogP contribution in [0.5, 0.6) is 0 Å². The van der Waals surface area contributed by atoms with Crippen molar-refractivity contribution in [1.82, 2.24) is 0 Å². The second-order valence-electron chi connectivity index (χ2n) is 9.51. The van der Waals surface area contributed by atoms with Crippen LogP contribution in [0.2, 0.25) is 5.02 Å². The molecule has 0 radical (unpaired) electrons. The van der Waals surface area contributed by atoms with E-state index < -0.39 is 0 Å². The first-order valence-electron chi connectivity index (χ1n) is 12.6. The molecule has 1 atom stereocenters. The highest BCUT2D eigenvalue weighted by Gasteiger charge is 2.35. The fraction of sp³-hybridized carbons (Fsp3) is 0.741. The lowest BCUT2D eigenvalue weighted by Gasteiger charge is -2.36. The van der Waals surface area contributed by atoms with E-state index in [9.17, 15) is 4.79 Å². The number of benzene rings is 1. The average molecular weight is 453 g/mol. The van der Waals surface area contributed by atoms with Gasteiger partial charge in [-0.2, -0.15) is 0 Å². The molecule has 0 saturated heterocycles. The molecular formula is C27H47ClNO2+. The SMILES string of the molecule is CCCCCCCCCCCCCC[C@@H](C(=O)OCC)[N+](C)(C)Cc1ccc(Cl)cc1. The van der Waals surface area contributed by atoms with Crippen LogP contribution in [-0.2, 0) is 16.1 Å². The van der Waals surface area contributed by atoms with Crippen LogP contribution in [0.4, 0.5) is 0 Å². The molecule has 4 heteroatoms. The summed E-state index contributed by atoms with van der Waals surface area (Å²) in [4.78, 5) is 12.7. The maximum absolute atomic E-state index is 12.7. The third kappa shape index (κ3) is 12.5. The van der Waals surface area contributed by atoms with Crippen LogP contribution in [0, 0.1) is 0 Å². The molecule has 31 heavy (non-hydrogen) atoms. The second-order valence-corrected chi connectivity index (χ2v) is 9.95. The molecule has 178 valence electrons. The predicted octanol–water partition coefficient (Wildman–Crippen LogP) is 7.94. The molecule has 0 aliphatic rings. The summed E-state index contributed by atoms with van der Waals surface area (Å²) in [6.07, 6.45) is 16.8. The zero-order chi connectivity index (χ0) is 23.0. The highest BCUT2D eigenvalue weighted by molar-refractivity contribution is 6.30. The number of quaternary nitrogens is 1. The number of ether oxygens (including phenoxy) is 1. The topological polar surface area (TPSA) is 26.3 Å². The van der Waals surface area contributed by atoms with E-state index in [1.165, 1.54) is 76.2 Å². The quantitative estimate of drug-likeness (QED) is 0.128. The van der Waals surface area contributed by atoms with Crippen molar-refractivity contribution in [1.29, 1.82) is 0 Å². The average Bonchev–Trinajstić information content (AvgIpc) is 2.73. The van der Waals surface area contributed by atoms with Gasteiger partial charge in [0.2, 0.25) is 0 Å². The first-order chi connectivity index (χ1) is 14.9. The van der Waals surface area contributed by atoms with Crippen molar-refractivity contribution >= 4 is 17.6 Å². The van der Waals surface area contributed by atoms with Crippen LogP contribution in [0.3, 0.4) is 0 Å². The summed E-state index contributed by atoms with van der Waals surface area (Å²) >= 11 is 6.02. The third-order valence-corrected chi connectivity index (χ3v) is 6.49. The van der Waals surface area contributed by atoms with E-state index in [4.69, 9.17) is 16.3 Å². The van der Waals surface area contributed by atoms with Gasteiger partial charge in [0, 0.05) is 17.0 Å². The van der Waals surface area contributed by atoms with Gasteiger partial charge in [0.25, 0.3) is 0 Å². The number of carbonyl (C=O) groups is 1. The van der Waals surface area contributed by atoms with Crippen LogP contribution >= 0.6 is 11.6 Å². The largest absolute Gasteiger partial charge is 0.462 e. The maximum Gasteiger partial charge on any atom is 0.364 e. The van der Waals surface area contributed by atoms with Crippen LogP contribution in [0.25, 0.3) is 0 Å². The number of hydrogen-bond acceptors (Lipinski definition) is 2. The van der Waals surface area contributed by atoms with Gasteiger partial charge in [-0.1, -0.05) is 101 Å². The van der Waals surface area contributed by atoms with E-state index in [2.05, 4.69) is 21.0 Å². The Labute approximate surface area is 197 Å². The highest BCUT2D eigenvalue weighted by Crippen LogP contribution is 2.22. The molecule has 3 nitrogen and oxygen atoms in total. The Morgan fingerprint density at radius 3 is 1.81 bits per heavy atom. The van der Waals surface area contributed by atoms with E-state index in [0.29, 0.717) is 11.1 Å². The molecule has 1 aromatic carbocycles. The number of carbonyl (C=O) groups excluding carboxylic acids is 1. The van der Waals surface area contributed by atoms with E-state index in [1.54, 1.807) is 0 Å². The molecule has 0 unspecified atom stereocenters. The Kier molecular flexibility index (Phi) is 14.9. The number of esters is 1. The molecule has 0 saturated carbocycles. The number of halogens is 1. The van der Waals surface area contributed by atoms with Gasteiger partial charge in [0.05, 0.1) is 20.7 Å². The molecule has 0 heterocycles. The van der Waals surface area contributed by atoms with E-state index in [0.717, 1.165) is 24.4 Å². The minimum Gasteiger partial charge on any atom is -0.462 e. The van der Waals surface area contributed by atoms with Crippen molar-refractivity contribution in [3.63, 3.8) is 0 Å². The van der Waals surface area contributed by atoms with Gasteiger partial charge in [-0.25, -0.2) is 4.79 Å². The summed E-state index contributed by atoms with van der Waals surface area (Å²) in [7, 11) is 4.27. The number of likely N-dealkylation sites (N-methyl/N-ethyl adjacent to an activating group) is 1. The fourth-order valence-corrected chi connectivity index (χ4v) is 4.47. The van der Waals surface area contributed by atoms with Gasteiger partial charge >= 0.3 is 5.97 Å². The first kappa shape index (κ1) is 28.0. The number of unbranched alkanes of at least 4 members (excludes halogenated alkanes) is 11. The molecule has 0 N–H and O–H groups in total. The van der Waals surface area contributed by atoms with E-state index >= 15 is 0 Å². The lowest BCUT2D eigenvalue weighted by molar-refractivity contribution is -0.920. The Hall–Kier alpha value is -1.06. The third-order valence-electron chi connectivity index (χ3n) is 6.24. The second kappa shape index (κ2) is 16.6. The summed E-state index contributed by atoms with van der Waals surface area (Å²) in [5, 5.41) is 0.743. The van der Waals surface area contributed by atoms with Crippen molar-refractivity contribution in [2.24, 2.45) is 0 Å². The molecule has 1 rings (SSSR count). The first-order valence-corrected chi connectivity index (χ1v) is 13.0. The Bertz CT molecular complexity index is 585. The van der Waals surface area contributed by atoms with Gasteiger partial charge in [0.1, 0.15) is 6.54 Å². The molecule has 1 aromatic rings. The van der Waals surface area contributed by atoms with Gasteiger partial charge in [-0.3, -0.25) is 0 Å². The van der Waals surface area contributed by atoms with Gasteiger partial charge in [0.15, 0.2) is 6.04 Å². The molecule has 0 spiro atoms. The summed E-state index contributed by atoms with van der Waals surface area (Å²) < 4.78 is 6.04. The standard InChI is InChI=1S/C27H47ClNO2/c1-5-7-8-9-10-11-12-13-14-15-16-17-18-26(27(30)31-6-2)29(3,4)23-24-19-21-25(28)22-20-24/h19-22,26H,5-18,23H2,1-4H3/q+1/t26-/m0/s1. The summed E-state index contributed by atoms with van der Waals surface area (Å²) in [6, 6.07) is 7.81. The van der Waals surface area contributed by atoms with Crippen LogP contribution in [0.15, 0.2) is 24.3 Å². The van der Waals surface area contributed by atoms with Crippen molar-refractivity contribution in [3.8, 4) is 0 Å². The Morgan fingerprint density at radius 1 is 0.839 bits per heavy atom. The predicted molar refractivity (Wildman–Crippen MR) is 133 cm³/mol.